The molecule has 0 unspecified atom stereocenters. The van der Waals surface area contributed by atoms with Crippen molar-refractivity contribution in [3.05, 3.63) is 57.8 Å². The van der Waals surface area contributed by atoms with Crippen molar-refractivity contribution in [1.82, 2.24) is 4.98 Å². The zero-order valence-electron chi connectivity index (χ0n) is 9.94. The van der Waals surface area contributed by atoms with Crippen LogP contribution in [0.2, 0.25) is 0 Å². The summed E-state index contributed by atoms with van der Waals surface area (Å²) in [5.74, 6) is 0. The van der Waals surface area contributed by atoms with E-state index in [1.54, 1.807) is 6.20 Å². The Labute approximate surface area is 115 Å². The van der Waals surface area contributed by atoms with E-state index in [0.717, 1.165) is 15.7 Å². The van der Waals surface area contributed by atoms with Gasteiger partial charge >= 0.3 is 0 Å². The number of rotatable bonds is 3. The first kappa shape index (κ1) is 12.6. The average molecular weight is 302 g/mol. The SMILES string of the molecule is Cc1cccc(NCc2cccnc2C#N)c1Br. The number of nitriles is 1. The standard InChI is InChI=1S/C14H12BrN3/c1-10-4-2-6-12(14(10)15)18-9-11-5-3-7-17-13(11)8-16/h2-7,18H,9H2,1H3. The van der Waals surface area contributed by atoms with E-state index in [1.807, 2.05) is 37.3 Å². The van der Waals surface area contributed by atoms with Crippen molar-refractivity contribution in [3.63, 3.8) is 0 Å². The lowest BCUT2D eigenvalue weighted by Gasteiger charge is -2.10. The summed E-state index contributed by atoms with van der Waals surface area (Å²) >= 11 is 3.55. The molecule has 0 aliphatic rings. The highest BCUT2D eigenvalue weighted by Crippen LogP contribution is 2.26. The predicted octanol–water partition coefficient (Wildman–Crippen LogP) is 3.64. The minimum absolute atomic E-state index is 0.466. The second kappa shape index (κ2) is 5.65. The molecule has 0 fully saturated rings. The van der Waals surface area contributed by atoms with Crippen LogP contribution in [-0.2, 0) is 6.54 Å². The van der Waals surface area contributed by atoms with E-state index in [0.29, 0.717) is 12.2 Å². The zero-order valence-corrected chi connectivity index (χ0v) is 11.5. The molecule has 2 rings (SSSR count). The molecule has 0 aliphatic heterocycles. The molecule has 1 N–H and O–H groups in total. The summed E-state index contributed by atoms with van der Waals surface area (Å²) in [6.45, 7) is 2.62. The first-order chi connectivity index (χ1) is 8.72. The molecule has 0 bridgehead atoms. The molecule has 1 heterocycles. The van der Waals surface area contributed by atoms with Crippen LogP contribution >= 0.6 is 15.9 Å². The van der Waals surface area contributed by atoms with Crippen LogP contribution in [0, 0.1) is 18.3 Å². The van der Waals surface area contributed by atoms with Gasteiger partial charge in [-0.15, -0.1) is 0 Å². The molecular formula is C14H12BrN3. The van der Waals surface area contributed by atoms with Gasteiger partial charge in [0.05, 0.1) is 0 Å². The van der Waals surface area contributed by atoms with Crippen LogP contribution in [0.5, 0.6) is 0 Å². The van der Waals surface area contributed by atoms with Gasteiger partial charge < -0.3 is 5.32 Å². The van der Waals surface area contributed by atoms with E-state index >= 15 is 0 Å². The van der Waals surface area contributed by atoms with Crippen LogP contribution in [0.1, 0.15) is 16.8 Å². The second-order valence-corrected chi connectivity index (χ2v) is 4.71. The highest BCUT2D eigenvalue weighted by molar-refractivity contribution is 9.10. The highest BCUT2D eigenvalue weighted by Gasteiger charge is 2.04. The highest BCUT2D eigenvalue weighted by atomic mass is 79.9. The molecule has 0 aliphatic carbocycles. The number of hydrogen-bond donors (Lipinski definition) is 1. The summed E-state index contributed by atoms with van der Waals surface area (Å²) in [5, 5.41) is 12.3. The van der Waals surface area contributed by atoms with Crippen LogP contribution in [0.4, 0.5) is 5.69 Å². The summed E-state index contributed by atoms with van der Waals surface area (Å²) < 4.78 is 1.05. The summed E-state index contributed by atoms with van der Waals surface area (Å²) in [6.07, 6.45) is 1.63. The lowest BCUT2D eigenvalue weighted by molar-refractivity contribution is 1.09. The lowest BCUT2D eigenvalue weighted by atomic mass is 10.2. The van der Waals surface area contributed by atoms with Crippen LogP contribution in [0.3, 0.4) is 0 Å². The van der Waals surface area contributed by atoms with Crippen LogP contribution < -0.4 is 5.32 Å². The quantitative estimate of drug-likeness (QED) is 0.941. The van der Waals surface area contributed by atoms with E-state index in [-0.39, 0.29) is 0 Å². The Bertz CT molecular complexity index is 602. The van der Waals surface area contributed by atoms with Gasteiger partial charge in [-0.2, -0.15) is 5.26 Å². The number of aromatic nitrogens is 1. The van der Waals surface area contributed by atoms with E-state index < -0.39 is 0 Å². The van der Waals surface area contributed by atoms with Crippen molar-refractivity contribution < 1.29 is 0 Å². The Kier molecular flexibility index (Phi) is 3.96. The fourth-order valence-electron chi connectivity index (χ4n) is 1.66. The van der Waals surface area contributed by atoms with Crippen molar-refractivity contribution in [2.45, 2.75) is 13.5 Å². The van der Waals surface area contributed by atoms with Crippen molar-refractivity contribution in [2.24, 2.45) is 0 Å². The van der Waals surface area contributed by atoms with Gasteiger partial charge in [0.15, 0.2) is 0 Å². The summed E-state index contributed by atoms with van der Waals surface area (Å²) in [6, 6.07) is 11.9. The van der Waals surface area contributed by atoms with Gasteiger partial charge in [-0.1, -0.05) is 18.2 Å². The van der Waals surface area contributed by atoms with Crippen molar-refractivity contribution in [3.8, 4) is 6.07 Å². The van der Waals surface area contributed by atoms with E-state index in [1.165, 1.54) is 5.56 Å². The second-order valence-electron chi connectivity index (χ2n) is 3.91. The first-order valence-electron chi connectivity index (χ1n) is 5.55. The minimum atomic E-state index is 0.466. The van der Waals surface area contributed by atoms with E-state index in [4.69, 9.17) is 5.26 Å². The molecule has 1 aromatic carbocycles. The molecule has 0 saturated heterocycles. The third-order valence-electron chi connectivity index (χ3n) is 2.66. The summed E-state index contributed by atoms with van der Waals surface area (Å²) in [7, 11) is 0. The molecule has 0 saturated carbocycles. The Hall–Kier alpha value is -1.86. The fraction of sp³-hybridized carbons (Fsp3) is 0.143. The monoisotopic (exact) mass is 301 g/mol. The minimum Gasteiger partial charge on any atom is -0.380 e. The predicted molar refractivity (Wildman–Crippen MR) is 75.2 cm³/mol. The van der Waals surface area contributed by atoms with Gasteiger partial charge in [-0.3, -0.25) is 0 Å². The van der Waals surface area contributed by atoms with Gasteiger partial charge in [-0.05, 0) is 40.5 Å². The normalized spacial score (nSPS) is 9.83. The largest absolute Gasteiger partial charge is 0.380 e. The van der Waals surface area contributed by atoms with Gasteiger partial charge in [0, 0.05) is 28.5 Å². The zero-order chi connectivity index (χ0) is 13.0. The van der Waals surface area contributed by atoms with Crippen molar-refractivity contribution >= 4 is 21.6 Å². The topological polar surface area (TPSA) is 48.7 Å². The number of nitrogens with zero attached hydrogens (tertiary/aromatic N) is 2. The number of halogens is 1. The third-order valence-corrected chi connectivity index (χ3v) is 3.71. The smallest absolute Gasteiger partial charge is 0.145 e. The average Bonchev–Trinajstić information content (AvgIpc) is 2.41. The molecule has 2 aromatic rings. The molecule has 3 nitrogen and oxygen atoms in total. The number of anilines is 1. The number of benzene rings is 1. The Balaban J connectivity index is 2.17. The van der Waals surface area contributed by atoms with Gasteiger partial charge in [0.25, 0.3) is 0 Å². The molecule has 1 aromatic heterocycles. The maximum absolute atomic E-state index is 8.96. The van der Waals surface area contributed by atoms with Crippen molar-refractivity contribution in [2.75, 3.05) is 5.32 Å². The number of hydrogen-bond acceptors (Lipinski definition) is 3. The first-order valence-corrected chi connectivity index (χ1v) is 6.34. The van der Waals surface area contributed by atoms with Crippen LogP contribution in [0.25, 0.3) is 0 Å². The molecule has 0 amide bonds. The molecule has 0 spiro atoms. The summed E-state index contributed by atoms with van der Waals surface area (Å²) in [4.78, 5) is 4.04. The maximum Gasteiger partial charge on any atom is 0.145 e. The number of pyridine rings is 1. The Morgan fingerprint density at radius 2 is 2.17 bits per heavy atom. The molecule has 0 radical (unpaired) electrons. The van der Waals surface area contributed by atoms with Crippen LogP contribution in [-0.4, -0.2) is 4.98 Å². The van der Waals surface area contributed by atoms with E-state index in [2.05, 4.69) is 32.3 Å². The molecular weight excluding hydrogens is 290 g/mol. The van der Waals surface area contributed by atoms with Gasteiger partial charge in [-0.25, -0.2) is 4.98 Å². The van der Waals surface area contributed by atoms with Gasteiger partial charge in [0.2, 0.25) is 0 Å². The Morgan fingerprint density at radius 3 is 2.94 bits per heavy atom. The molecule has 0 atom stereocenters. The van der Waals surface area contributed by atoms with Crippen LogP contribution in [0.15, 0.2) is 41.0 Å². The fourth-order valence-corrected chi connectivity index (χ4v) is 2.06. The van der Waals surface area contributed by atoms with Crippen molar-refractivity contribution in [1.29, 1.82) is 5.26 Å². The lowest BCUT2D eigenvalue weighted by Crippen LogP contribution is -2.03. The third kappa shape index (κ3) is 2.69. The summed E-state index contributed by atoms with van der Waals surface area (Å²) in [5.41, 5.74) is 3.55. The molecule has 90 valence electrons. The van der Waals surface area contributed by atoms with E-state index in [9.17, 15) is 0 Å². The number of nitrogens with one attached hydrogen (secondary N) is 1. The Morgan fingerprint density at radius 1 is 1.33 bits per heavy atom. The number of aryl methyl sites for hydroxylation is 1. The van der Waals surface area contributed by atoms with Gasteiger partial charge in [0.1, 0.15) is 11.8 Å². The molecule has 4 heteroatoms. The maximum atomic E-state index is 8.96. The molecule has 18 heavy (non-hydrogen) atoms.